The number of carbonyl (C=O) groups excluding carboxylic acids is 2. The zero-order chi connectivity index (χ0) is 26.5. The van der Waals surface area contributed by atoms with Gasteiger partial charge in [0, 0.05) is 28.0 Å². The number of nitrogens with one attached hydrogen (secondary N) is 2. The van der Waals surface area contributed by atoms with Crippen LogP contribution in [0.5, 0.6) is 0 Å². The number of nitrogens with zero attached hydrogens (tertiary/aromatic N) is 3. The lowest BCUT2D eigenvalue weighted by atomic mass is 10.0. The van der Waals surface area contributed by atoms with Crippen LogP contribution in [0.3, 0.4) is 0 Å². The zero-order valence-electron chi connectivity index (χ0n) is 18.0. The lowest BCUT2D eigenvalue weighted by Crippen LogP contribution is -2.21. The third kappa shape index (κ3) is 4.12. The Kier molecular flexibility index (Phi) is 5.41. The summed E-state index contributed by atoms with van der Waals surface area (Å²) in [5.41, 5.74) is -3.99. The Morgan fingerprint density at radius 3 is 2.49 bits per heavy atom. The minimum atomic E-state index is -5.09. The summed E-state index contributed by atoms with van der Waals surface area (Å²) >= 11 is 0. The van der Waals surface area contributed by atoms with Crippen LogP contribution in [0.2, 0.25) is 0 Å². The summed E-state index contributed by atoms with van der Waals surface area (Å²) < 4.78 is 87.2. The van der Waals surface area contributed by atoms with E-state index in [4.69, 9.17) is 4.52 Å². The first kappa shape index (κ1) is 23.9. The molecule has 3 heterocycles. The number of pyridine rings is 1. The van der Waals surface area contributed by atoms with Crippen LogP contribution < -0.4 is 10.7 Å². The number of hydrogen-bond acceptors (Lipinski definition) is 5. The first-order valence-corrected chi connectivity index (χ1v) is 10.2. The Balaban J connectivity index is 1.66. The predicted molar refractivity (Wildman–Crippen MR) is 116 cm³/mol. The van der Waals surface area contributed by atoms with Crippen molar-refractivity contribution in [2.45, 2.75) is 12.4 Å². The number of alkyl halides is 6. The van der Waals surface area contributed by atoms with Gasteiger partial charge in [-0.1, -0.05) is 18.2 Å². The second kappa shape index (κ2) is 8.38. The number of amides is 1. The van der Waals surface area contributed by atoms with Crippen molar-refractivity contribution in [1.29, 1.82) is 0 Å². The van der Waals surface area contributed by atoms with Crippen molar-refractivity contribution in [1.82, 2.24) is 19.9 Å². The van der Waals surface area contributed by atoms with E-state index in [1.807, 2.05) is 5.32 Å². The number of anilines is 1. The third-order valence-electron chi connectivity index (χ3n) is 5.43. The van der Waals surface area contributed by atoms with Crippen molar-refractivity contribution in [2.75, 3.05) is 5.32 Å². The Hall–Kier alpha value is -4.84. The van der Waals surface area contributed by atoms with Gasteiger partial charge in [0.1, 0.15) is 5.69 Å². The molecule has 0 unspecified atom stereocenters. The highest BCUT2D eigenvalue weighted by atomic mass is 19.4. The number of aromatic amines is 1. The second-order valence-corrected chi connectivity index (χ2v) is 7.69. The Morgan fingerprint density at radius 1 is 1.03 bits per heavy atom. The van der Waals surface area contributed by atoms with Crippen molar-refractivity contribution >= 4 is 39.3 Å². The van der Waals surface area contributed by atoms with E-state index < -0.39 is 40.9 Å². The molecular formula is C23H11F6N5O3. The zero-order valence-corrected chi connectivity index (χ0v) is 18.0. The molecule has 0 aliphatic rings. The van der Waals surface area contributed by atoms with Crippen LogP contribution in [0, 0.1) is 0 Å². The third-order valence-corrected chi connectivity index (χ3v) is 5.43. The molecule has 188 valence electrons. The summed E-state index contributed by atoms with van der Waals surface area (Å²) in [5.74, 6) is 0.321. The highest BCUT2D eigenvalue weighted by Gasteiger charge is 2.41. The fourth-order valence-electron chi connectivity index (χ4n) is 3.91. The van der Waals surface area contributed by atoms with Gasteiger partial charge >= 0.3 is 12.4 Å². The predicted octanol–water partition coefficient (Wildman–Crippen LogP) is 4.57. The van der Waals surface area contributed by atoms with Gasteiger partial charge in [-0.2, -0.15) is 31.4 Å². The van der Waals surface area contributed by atoms with Gasteiger partial charge in [0.2, 0.25) is 0 Å². The molecule has 2 N–H and O–H groups in total. The van der Waals surface area contributed by atoms with Gasteiger partial charge in [-0.15, -0.1) is 0 Å². The van der Waals surface area contributed by atoms with Crippen molar-refractivity contribution < 1.29 is 40.5 Å². The Bertz CT molecular complexity index is 1770. The molecular weight excluding hydrogens is 508 g/mol. The van der Waals surface area contributed by atoms with Crippen molar-refractivity contribution in [3.8, 4) is 5.69 Å². The Labute approximate surface area is 200 Å². The van der Waals surface area contributed by atoms with Crippen LogP contribution >= 0.6 is 0 Å². The smallest absolute Gasteiger partial charge is 0.381 e. The van der Waals surface area contributed by atoms with E-state index in [9.17, 15) is 35.9 Å². The number of carbonyl (C=O) groups is 1. The molecule has 0 saturated carbocycles. The fraction of sp³-hybridized carbons (Fsp3) is 0.0870. The molecule has 5 rings (SSSR count). The molecule has 1 amide bonds. The molecule has 0 saturated heterocycles. The first-order chi connectivity index (χ1) is 17.5. The molecule has 14 heteroatoms. The molecule has 0 bridgehead atoms. The Morgan fingerprint density at radius 2 is 1.78 bits per heavy atom. The number of benzene rings is 2. The molecule has 0 fully saturated rings. The molecule has 3 aromatic heterocycles. The van der Waals surface area contributed by atoms with Crippen LogP contribution in [0.4, 0.5) is 32.0 Å². The number of aromatic nitrogens is 4. The fourth-order valence-corrected chi connectivity index (χ4v) is 3.91. The van der Waals surface area contributed by atoms with Crippen molar-refractivity contribution in [2.24, 2.45) is 0 Å². The number of H-pyrrole nitrogens is 1. The van der Waals surface area contributed by atoms with E-state index in [1.165, 1.54) is 24.3 Å². The van der Waals surface area contributed by atoms with Gasteiger partial charge < -0.3 is 9.84 Å². The quantitative estimate of drug-likeness (QED) is 0.340. The van der Waals surface area contributed by atoms with E-state index in [-0.39, 0.29) is 22.0 Å². The topological polar surface area (TPSA) is 106 Å². The standard InChI is InChI=1S/C23H11F6N5O3/c24-22(25,26)18-8-11(6-7-30-18)32-21(36)14-9-31-34(20(14)23(27,28)29)16-4-5-17-19-12(2-1-3-13(16)19)15(10-35)33-37-17/h1-9,33H,(H,30,32,36). The molecule has 2 aromatic carbocycles. The summed E-state index contributed by atoms with van der Waals surface area (Å²) in [4.78, 5) is 27.2. The van der Waals surface area contributed by atoms with Gasteiger partial charge in [-0.3, -0.25) is 9.78 Å². The molecule has 8 nitrogen and oxygen atoms in total. The lowest BCUT2D eigenvalue weighted by molar-refractivity contribution is -0.143. The molecule has 0 aliphatic carbocycles. The molecule has 0 spiro atoms. The second-order valence-electron chi connectivity index (χ2n) is 7.69. The summed E-state index contributed by atoms with van der Waals surface area (Å²) in [5, 5.41) is 8.98. The van der Waals surface area contributed by atoms with Crippen molar-refractivity contribution in [3.05, 3.63) is 77.2 Å². The van der Waals surface area contributed by atoms with E-state index in [2.05, 4.69) is 15.2 Å². The molecule has 0 atom stereocenters. The van der Waals surface area contributed by atoms with Gasteiger partial charge in [-0.25, -0.2) is 14.6 Å². The summed E-state index contributed by atoms with van der Waals surface area (Å²) in [6.07, 6.45) is -8.49. The SMILES string of the molecule is O=C=c1[nH]oc2ccc(-n3ncc(C(=O)Nc4ccnc(C(F)(F)F)c4)c3C(F)(F)F)c3cccc1c23. The maximum absolute atomic E-state index is 14.2. The highest BCUT2D eigenvalue weighted by molar-refractivity contribution is 6.11. The monoisotopic (exact) mass is 519 g/mol. The van der Waals surface area contributed by atoms with Gasteiger partial charge in [0.05, 0.1) is 17.4 Å². The highest BCUT2D eigenvalue weighted by Crippen LogP contribution is 2.37. The minimum Gasteiger partial charge on any atom is -0.381 e. The number of rotatable bonds is 3. The van der Waals surface area contributed by atoms with Crippen LogP contribution in [0.25, 0.3) is 27.4 Å². The number of halogens is 6. The van der Waals surface area contributed by atoms with Crippen LogP contribution in [0.15, 0.2) is 59.4 Å². The van der Waals surface area contributed by atoms with Crippen LogP contribution in [-0.4, -0.2) is 31.8 Å². The minimum absolute atomic E-state index is 0.0672. The summed E-state index contributed by atoms with van der Waals surface area (Å²) in [7, 11) is 0. The maximum atomic E-state index is 14.2. The van der Waals surface area contributed by atoms with Crippen LogP contribution in [0.1, 0.15) is 21.7 Å². The largest absolute Gasteiger partial charge is 0.434 e. The molecule has 0 aliphatic heterocycles. The van der Waals surface area contributed by atoms with Crippen molar-refractivity contribution in [3.63, 3.8) is 0 Å². The molecule has 0 radical (unpaired) electrons. The van der Waals surface area contributed by atoms with E-state index >= 15 is 0 Å². The van der Waals surface area contributed by atoms with Gasteiger partial charge in [0.25, 0.3) is 5.91 Å². The summed E-state index contributed by atoms with van der Waals surface area (Å²) in [6, 6.07) is 8.65. The number of hydrogen-bond donors (Lipinski definition) is 2. The van der Waals surface area contributed by atoms with Gasteiger partial charge in [0.15, 0.2) is 22.6 Å². The molecule has 37 heavy (non-hydrogen) atoms. The molecule has 5 aromatic rings. The lowest BCUT2D eigenvalue weighted by Gasteiger charge is -2.15. The average molecular weight is 519 g/mol. The van der Waals surface area contributed by atoms with E-state index in [1.54, 1.807) is 12.0 Å². The van der Waals surface area contributed by atoms with Crippen LogP contribution in [-0.2, 0) is 17.1 Å². The average Bonchev–Trinajstić information content (AvgIpc) is 3.30. The maximum Gasteiger partial charge on any atom is 0.434 e. The van der Waals surface area contributed by atoms with E-state index in [0.717, 1.165) is 12.3 Å². The van der Waals surface area contributed by atoms with E-state index in [0.29, 0.717) is 27.7 Å². The first-order valence-electron chi connectivity index (χ1n) is 10.2. The normalized spacial score (nSPS) is 12.2. The summed E-state index contributed by atoms with van der Waals surface area (Å²) in [6.45, 7) is 0. The van der Waals surface area contributed by atoms with Gasteiger partial charge in [-0.05, 0) is 24.3 Å².